The summed E-state index contributed by atoms with van der Waals surface area (Å²) in [6.45, 7) is 4.58. The van der Waals surface area contributed by atoms with Crippen LogP contribution < -0.4 is 4.74 Å². The molecule has 0 aliphatic carbocycles. The molecule has 0 amide bonds. The summed E-state index contributed by atoms with van der Waals surface area (Å²) in [7, 11) is 1.67. The molecule has 1 saturated heterocycles. The number of ether oxygens (including phenoxy) is 1. The quantitative estimate of drug-likeness (QED) is 0.347. The first-order chi connectivity index (χ1) is 17.7. The molecule has 1 aliphatic heterocycles. The molecule has 1 aliphatic rings. The summed E-state index contributed by atoms with van der Waals surface area (Å²) < 4.78 is 12.5. The third-order valence-corrected chi connectivity index (χ3v) is 7.69. The first-order valence-electron chi connectivity index (χ1n) is 12.0. The first-order valence-corrected chi connectivity index (χ1v) is 12.8. The Bertz CT molecular complexity index is 1440. The molecule has 1 atom stereocenters. The van der Waals surface area contributed by atoms with Crippen molar-refractivity contribution in [1.29, 1.82) is 0 Å². The number of methoxy groups -OCH3 is 1. The number of aromatic hydroxyl groups is 1. The van der Waals surface area contributed by atoms with E-state index in [9.17, 15) is 5.11 Å². The van der Waals surface area contributed by atoms with E-state index >= 15 is 0 Å². The Morgan fingerprint density at radius 1 is 1.03 bits per heavy atom. The zero-order valence-corrected chi connectivity index (χ0v) is 20.8. The number of hydrogen-bond donors (Lipinski definition) is 1. The Kier molecular flexibility index (Phi) is 6.18. The number of hydrogen-bond acceptors (Lipinski definition) is 8. The third kappa shape index (κ3) is 4.37. The normalized spacial score (nSPS) is 15.9. The topological polar surface area (TPSA) is 79.3 Å². The van der Waals surface area contributed by atoms with Crippen LogP contribution in [0.25, 0.3) is 16.5 Å². The van der Waals surface area contributed by atoms with Gasteiger partial charge in [-0.3, -0.25) is 9.80 Å². The van der Waals surface area contributed by atoms with Gasteiger partial charge in [-0.2, -0.15) is 9.50 Å². The number of rotatable bonds is 7. The number of aromatic nitrogens is 3. The number of thiazole rings is 1. The zero-order valence-electron chi connectivity index (χ0n) is 19.9. The lowest BCUT2D eigenvalue weighted by Crippen LogP contribution is -2.47. The van der Waals surface area contributed by atoms with Gasteiger partial charge in [-0.1, -0.05) is 53.8 Å². The number of nitrogens with zero attached hydrogens (tertiary/aromatic N) is 5. The van der Waals surface area contributed by atoms with Crippen LogP contribution in [0.4, 0.5) is 0 Å². The number of furan rings is 1. The van der Waals surface area contributed by atoms with E-state index in [1.165, 1.54) is 21.4 Å². The maximum absolute atomic E-state index is 11.3. The van der Waals surface area contributed by atoms with E-state index in [2.05, 4.69) is 56.3 Å². The molecular weight excluding hydrogens is 474 g/mol. The SMILES string of the molecule is COc1cccc([C@@H](c2sc3nc(-c4ccco4)nn3c2O)N2CCN(Cc3ccccc3)CC2)c1. The van der Waals surface area contributed by atoms with Gasteiger partial charge in [0.1, 0.15) is 5.75 Å². The van der Waals surface area contributed by atoms with Gasteiger partial charge in [-0.05, 0) is 35.4 Å². The molecule has 3 aromatic heterocycles. The van der Waals surface area contributed by atoms with Gasteiger partial charge in [0.25, 0.3) is 0 Å². The van der Waals surface area contributed by atoms with Crippen molar-refractivity contribution >= 4 is 16.3 Å². The van der Waals surface area contributed by atoms with Crippen LogP contribution in [-0.4, -0.2) is 62.8 Å². The van der Waals surface area contributed by atoms with Crippen LogP contribution in [0, 0.1) is 0 Å². The average Bonchev–Trinajstić information content (AvgIpc) is 3.65. The van der Waals surface area contributed by atoms with Crippen molar-refractivity contribution in [2.75, 3.05) is 33.3 Å². The monoisotopic (exact) mass is 501 g/mol. The lowest BCUT2D eigenvalue weighted by Gasteiger charge is -2.39. The lowest BCUT2D eigenvalue weighted by atomic mass is 10.0. The second kappa shape index (κ2) is 9.77. The lowest BCUT2D eigenvalue weighted by molar-refractivity contribution is 0.105. The summed E-state index contributed by atoms with van der Waals surface area (Å²) in [6.07, 6.45) is 1.59. The van der Waals surface area contributed by atoms with Crippen LogP contribution in [-0.2, 0) is 6.54 Å². The van der Waals surface area contributed by atoms with Gasteiger partial charge < -0.3 is 14.3 Å². The van der Waals surface area contributed by atoms with E-state index in [0.29, 0.717) is 16.5 Å². The van der Waals surface area contributed by atoms with Gasteiger partial charge in [-0.15, -0.1) is 5.10 Å². The maximum atomic E-state index is 11.3. The average molecular weight is 502 g/mol. The van der Waals surface area contributed by atoms with Crippen molar-refractivity contribution in [3.8, 4) is 23.2 Å². The second-order valence-corrected chi connectivity index (χ2v) is 9.88. The Labute approximate surface area is 213 Å². The van der Waals surface area contributed by atoms with E-state index in [1.807, 2.05) is 24.3 Å². The molecule has 9 heteroatoms. The second-order valence-electron chi connectivity index (χ2n) is 8.87. The maximum Gasteiger partial charge on any atom is 0.230 e. The molecule has 0 unspecified atom stereocenters. The molecule has 8 nitrogen and oxygen atoms in total. The fourth-order valence-corrected chi connectivity index (χ4v) is 5.92. The van der Waals surface area contributed by atoms with E-state index < -0.39 is 0 Å². The highest BCUT2D eigenvalue weighted by atomic mass is 32.1. The standard InChI is InChI=1S/C27H27N5O3S/c1-34-21-10-5-9-20(17-21)23(31-14-12-30(13-15-31)18-19-7-3-2-4-8-19)24-26(33)32-27(36-24)28-25(29-32)22-11-6-16-35-22/h2-11,16-17,23,33H,12-15,18H2,1H3/t23-/m0/s1. The Hall–Kier alpha value is -3.66. The number of benzene rings is 2. The molecule has 5 aromatic rings. The van der Waals surface area contributed by atoms with Gasteiger partial charge in [-0.25, -0.2) is 0 Å². The van der Waals surface area contributed by atoms with Gasteiger partial charge in [0, 0.05) is 32.7 Å². The highest BCUT2D eigenvalue weighted by molar-refractivity contribution is 7.17. The largest absolute Gasteiger partial charge is 0.497 e. The minimum absolute atomic E-state index is 0.111. The number of fused-ring (bicyclic) bond motifs is 1. The molecule has 0 saturated carbocycles. The molecule has 184 valence electrons. The molecule has 0 bridgehead atoms. The Morgan fingerprint density at radius 2 is 1.86 bits per heavy atom. The minimum Gasteiger partial charge on any atom is -0.497 e. The van der Waals surface area contributed by atoms with E-state index in [1.54, 1.807) is 19.4 Å². The molecule has 1 fully saturated rings. The summed E-state index contributed by atoms with van der Waals surface area (Å²) >= 11 is 1.46. The van der Waals surface area contributed by atoms with E-state index in [4.69, 9.17) is 9.15 Å². The van der Waals surface area contributed by atoms with Crippen LogP contribution in [0.3, 0.4) is 0 Å². The summed E-state index contributed by atoms with van der Waals surface area (Å²) in [5, 5.41) is 15.8. The summed E-state index contributed by atoms with van der Waals surface area (Å²) in [4.78, 5) is 11.0. The van der Waals surface area contributed by atoms with E-state index in [-0.39, 0.29) is 11.9 Å². The highest BCUT2D eigenvalue weighted by Gasteiger charge is 2.32. The van der Waals surface area contributed by atoms with Crippen LogP contribution in [0.15, 0.2) is 77.4 Å². The molecule has 0 radical (unpaired) electrons. The summed E-state index contributed by atoms with van der Waals surface area (Å²) in [5.41, 5.74) is 2.39. The van der Waals surface area contributed by atoms with Crippen LogP contribution in [0.1, 0.15) is 22.0 Å². The molecule has 2 aromatic carbocycles. The zero-order chi connectivity index (χ0) is 24.5. The van der Waals surface area contributed by atoms with Crippen molar-refractivity contribution in [3.05, 3.63) is 89.0 Å². The predicted octanol–water partition coefficient (Wildman–Crippen LogP) is 4.67. The van der Waals surface area contributed by atoms with Gasteiger partial charge in [0.2, 0.25) is 16.7 Å². The van der Waals surface area contributed by atoms with E-state index in [0.717, 1.165) is 48.9 Å². The molecule has 6 rings (SSSR count). The number of piperazine rings is 1. The van der Waals surface area contributed by atoms with Crippen LogP contribution in [0.2, 0.25) is 0 Å². The van der Waals surface area contributed by atoms with Crippen molar-refractivity contribution < 1.29 is 14.3 Å². The van der Waals surface area contributed by atoms with Gasteiger partial charge in [0.05, 0.1) is 24.3 Å². The molecule has 1 N–H and O–H groups in total. The van der Waals surface area contributed by atoms with Crippen molar-refractivity contribution in [2.24, 2.45) is 0 Å². The third-order valence-electron chi connectivity index (χ3n) is 6.62. The van der Waals surface area contributed by atoms with Crippen molar-refractivity contribution in [3.63, 3.8) is 0 Å². The highest BCUT2D eigenvalue weighted by Crippen LogP contribution is 2.41. The minimum atomic E-state index is -0.139. The summed E-state index contributed by atoms with van der Waals surface area (Å²) in [6, 6.07) is 22.1. The van der Waals surface area contributed by atoms with Gasteiger partial charge in [0.15, 0.2) is 5.76 Å². The molecule has 36 heavy (non-hydrogen) atoms. The molecule has 4 heterocycles. The first kappa shape index (κ1) is 22.8. The van der Waals surface area contributed by atoms with Crippen molar-refractivity contribution in [2.45, 2.75) is 12.6 Å². The molecule has 0 spiro atoms. The molecular formula is C27H27N5O3S. The smallest absolute Gasteiger partial charge is 0.230 e. The Balaban J connectivity index is 1.31. The predicted molar refractivity (Wildman–Crippen MR) is 138 cm³/mol. The van der Waals surface area contributed by atoms with Crippen LogP contribution in [0.5, 0.6) is 11.6 Å². The van der Waals surface area contributed by atoms with Gasteiger partial charge >= 0.3 is 0 Å². The summed E-state index contributed by atoms with van der Waals surface area (Å²) in [5.74, 6) is 1.94. The fourth-order valence-electron chi connectivity index (χ4n) is 4.80. The Morgan fingerprint density at radius 3 is 2.58 bits per heavy atom. The van der Waals surface area contributed by atoms with Crippen LogP contribution >= 0.6 is 11.3 Å². The fraction of sp³-hybridized carbons (Fsp3) is 0.259. The van der Waals surface area contributed by atoms with Crippen molar-refractivity contribution in [1.82, 2.24) is 24.4 Å².